The molecule has 3 aromatic carbocycles. The maximum absolute atomic E-state index is 14.0. The number of benzene rings is 3. The second kappa shape index (κ2) is 10.4. The first-order chi connectivity index (χ1) is 17.3. The predicted octanol–water partition coefficient (Wildman–Crippen LogP) is 5.20. The molecule has 0 radical (unpaired) electrons. The second-order valence-corrected chi connectivity index (χ2v) is 8.46. The van der Waals surface area contributed by atoms with Gasteiger partial charge in [-0.25, -0.2) is 9.18 Å². The van der Waals surface area contributed by atoms with Gasteiger partial charge in [0.1, 0.15) is 5.82 Å². The number of esters is 1. The molecule has 1 saturated heterocycles. The molecule has 9 nitrogen and oxygen atoms in total. The van der Waals surface area contributed by atoms with E-state index in [2.05, 4.69) is 0 Å². The molecule has 3 aromatic rings. The molecular formula is C25H17FN2O7S. The Bertz CT molecular complexity index is 1420. The number of rotatable bonds is 7. The first-order valence-electron chi connectivity index (χ1n) is 10.4. The average molecular weight is 508 g/mol. The number of amides is 2. The zero-order valence-corrected chi connectivity index (χ0v) is 19.5. The normalized spacial score (nSPS) is 14.3. The molecule has 0 bridgehead atoms. The lowest BCUT2D eigenvalue weighted by Gasteiger charge is -2.13. The number of hydrogen-bond donors (Lipinski definition) is 0. The van der Waals surface area contributed by atoms with Gasteiger partial charge in [-0.05, 0) is 47.7 Å². The van der Waals surface area contributed by atoms with Crippen molar-refractivity contribution >= 4 is 40.6 Å². The molecule has 1 aliphatic heterocycles. The van der Waals surface area contributed by atoms with E-state index in [0.29, 0.717) is 5.56 Å². The first-order valence-corrected chi connectivity index (χ1v) is 11.2. The van der Waals surface area contributed by atoms with Crippen molar-refractivity contribution in [2.24, 2.45) is 0 Å². The van der Waals surface area contributed by atoms with E-state index in [-0.39, 0.29) is 39.8 Å². The molecule has 0 aliphatic carbocycles. The predicted molar refractivity (Wildman–Crippen MR) is 129 cm³/mol. The Hall–Kier alpha value is -4.51. The van der Waals surface area contributed by atoms with E-state index in [9.17, 15) is 28.9 Å². The number of non-ortho nitro benzene ring substituents is 1. The molecule has 1 heterocycles. The number of nitro groups is 1. The number of nitrogens with zero attached hydrogens (tertiary/aromatic N) is 2. The molecule has 0 spiro atoms. The Kier molecular flexibility index (Phi) is 7.11. The molecule has 0 unspecified atom stereocenters. The Morgan fingerprint density at radius 1 is 1.08 bits per heavy atom. The Labute approximate surface area is 208 Å². The molecule has 182 valence electrons. The molecule has 2 amide bonds. The van der Waals surface area contributed by atoms with Crippen LogP contribution in [0.2, 0.25) is 0 Å². The third kappa shape index (κ3) is 5.26. The highest BCUT2D eigenvalue weighted by Crippen LogP contribution is 2.35. The van der Waals surface area contributed by atoms with E-state index >= 15 is 0 Å². The summed E-state index contributed by atoms with van der Waals surface area (Å²) in [5, 5.41) is 10.4. The molecule has 1 fully saturated rings. The van der Waals surface area contributed by atoms with Gasteiger partial charge < -0.3 is 9.47 Å². The maximum atomic E-state index is 14.0. The SMILES string of the molecule is COc1cc(/C=C2\SC(=O)N(Cc3ccccc3F)C2=O)ccc1OC(=O)c1cccc([N+](=O)[O-])c1. The summed E-state index contributed by atoms with van der Waals surface area (Å²) >= 11 is 0.726. The zero-order chi connectivity index (χ0) is 25.8. The number of nitro benzene ring substituents is 1. The highest BCUT2D eigenvalue weighted by atomic mass is 32.2. The minimum atomic E-state index is -0.820. The van der Waals surface area contributed by atoms with Crippen molar-refractivity contribution in [1.82, 2.24) is 4.90 Å². The van der Waals surface area contributed by atoms with Crippen LogP contribution >= 0.6 is 11.8 Å². The van der Waals surface area contributed by atoms with Gasteiger partial charge in [0.25, 0.3) is 16.8 Å². The summed E-state index contributed by atoms with van der Waals surface area (Å²) in [4.78, 5) is 49.1. The fourth-order valence-corrected chi connectivity index (χ4v) is 4.19. The molecule has 0 saturated carbocycles. The van der Waals surface area contributed by atoms with Crippen molar-refractivity contribution in [3.8, 4) is 11.5 Å². The van der Waals surface area contributed by atoms with Crippen LogP contribution in [0.1, 0.15) is 21.5 Å². The van der Waals surface area contributed by atoms with Gasteiger partial charge in [0.05, 0.1) is 29.0 Å². The molecule has 0 atom stereocenters. The molecule has 11 heteroatoms. The topological polar surface area (TPSA) is 116 Å². The Morgan fingerprint density at radius 3 is 2.58 bits per heavy atom. The van der Waals surface area contributed by atoms with Crippen molar-refractivity contribution in [3.05, 3.63) is 104 Å². The van der Waals surface area contributed by atoms with E-state index in [1.807, 2.05) is 0 Å². The van der Waals surface area contributed by atoms with Gasteiger partial charge in [-0.15, -0.1) is 0 Å². The van der Waals surface area contributed by atoms with Gasteiger partial charge in [-0.1, -0.05) is 30.3 Å². The van der Waals surface area contributed by atoms with Crippen LogP contribution < -0.4 is 9.47 Å². The summed E-state index contributed by atoms with van der Waals surface area (Å²) in [7, 11) is 1.35. The van der Waals surface area contributed by atoms with Crippen LogP contribution in [0.15, 0.2) is 71.6 Å². The van der Waals surface area contributed by atoms with E-state index in [0.717, 1.165) is 22.7 Å². The van der Waals surface area contributed by atoms with Gasteiger partial charge in [-0.3, -0.25) is 24.6 Å². The lowest BCUT2D eigenvalue weighted by molar-refractivity contribution is -0.384. The third-order valence-corrected chi connectivity index (χ3v) is 6.05. The molecule has 0 N–H and O–H groups in total. The number of halogens is 1. The number of imide groups is 1. The molecule has 36 heavy (non-hydrogen) atoms. The number of hydrogen-bond acceptors (Lipinski definition) is 8. The largest absolute Gasteiger partial charge is 0.493 e. The van der Waals surface area contributed by atoms with Crippen molar-refractivity contribution in [3.63, 3.8) is 0 Å². The van der Waals surface area contributed by atoms with E-state index < -0.39 is 27.9 Å². The fourth-order valence-electron chi connectivity index (χ4n) is 3.35. The Morgan fingerprint density at radius 2 is 1.86 bits per heavy atom. The van der Waals surface area contributed by atoms with Gasteiger partial charge in [0, 0.05) is 17.7 Å². The minimum Gasteiger partial charge on any atom is -0.493 e. The van der Waals surface area contributed by atoms with E-state index in [1.54, 1.807) is 12.1 Å². The molecular weight excluding hydrogens is 491 g/mol. The number of thioether (sulfide) groups is 1. The zero-order valence-electron chi connectivity index (χ0n) is 18.7. The minimum absolute atomic E-state index is 0.0149. The van der Waals surface area contributed by atoms with E-state index in [1.165, 1.54) is 61.7 Å². The van der Waals surface area contributed by atoms with Gasteiger partial charge in [0.2, 0.25) is 0 Å². The van der Waals surface area contributed by atoms with Crippen LogP contribution in [0.5, 0.6) is 11.5 Å². The van der Waals surface area contributed by atoms with Crippen LogP contribution in [0, 0.1) is 15.9 Å². The number of carbonyl (C=O) groups excluding carboxylic acids is 3. The van der Waals surface area contributed by atoms with Crippen molar-refractivity contribution < 1.29 is 33.2 Å². The lowest BCUT2D eigenvalue weighted by atomic mass is 10.1. The van der Waals surface area contributed by atoms with Crippen LogP contribution in [-0.4, -0.2) is 34.0 Å². The van der Waals surface area contributed by atoms with Crippen molar-refractivity contribution in [1.29, 1.82) is 0 Å². The van der Waals surface area contributed by atoms with E-state index in [4.69, 9.17) is 9.47 Å². The number of methoxy groups -OCH3 is 1. The quantitative estimate of drug-likeness (QED) is 0.141. The highest BCUT2D eigenvalue weighted by molar-refractivity contribution is 8.18. The average Bonchev–Trinajstić information content (AvgIpc) is 3.13. The van der Waals surface area contributed by atoms with Crippen molar-refractivity contribution in [2.45, 2.75) is 6.54 Å². The molecule has 4 rings (SSSR count). The second-order valence-electron chi connectivity index (χ2n) is 7.47. The lowest BCUT2D eigenvalue weighted by Crippen LogP contribution is -2.27. The van der Waals surface area contributed by atoms with Crippen LogP contribution in [0.3, 0.4) is 0 Å². The number of carbonyl (C=O) groups is 3. The summed E-state index contributed by atoms with van der Waals surface area (Å²) in [6.45, 7) is -0.190. The smallest absolute Gasteiger partial charge is 0.343 e. The number of ether oxygens (including phenoxy) is 2. The monoisotopic (exact) mass is 508 g/mol. The summed E-state index contributed by atoms with van der Waals surface area (Å²) in [6.07, 6.45) is 1.47. The van der Waals surface area contributed by atoms with Crippen LogP contribution in [0.25, 0.3) is 6.08 Å². The van der Waals surface area contributed by atoms with Crippen LogP contribution in [-0.2, 0) is 11.3 Å². The van der Waals surface area contributed by atoms with Crippen LogP contribution in [0.4, 0.5) is 14.9 Å². The summed E-state index contributed by atoms with van der Waals surface area (Å²) in [5.74, 6) is -1.68. The summed E-state index contributed by atoms with van der Waals surface area (Å²) in [6, 6.07) is 15.5. The highest BCUT2D eigenvalue weighted by Gasteiger charge is 2.35. The molecule has 0 aromatic heterocycles. The van der Waals surface area contributed by atoms with Gasteiger partial charge >= 0.3 is 5.97 Å². The first kappa shape index (κ1) is 24.6. The fraction of sp³-hybridized carbons (Fsp3) is 0.0800. The Balaban J connectivity index is 1.52. The van der Waals surface area contributed by atoms with Crippen molar-refractivity contribution in [2.75, 3.05) is 7.11 Å². The van der Waals surface area contributed by atoms with Gasteiger partial charge in [-0.2, -0.15) is 0 Å². The van der Waals surface area contributed by atoms with Gasteiger partial charge in [0.15, 0.2) is 11.5 Å². The summed E-state index contributed by atoms with van der Waals surface area (Å²) < 4.78 is 24.6. The maximum Gasteiger partial charge on any atom is 0.343 e. The molecule has 1 aliphatic rings. The third-order valence-electron chi connectivity index (χ3n) is 5.14. The standard InChI is InChI=1S/C25H17FN2O7S/c1-34-21-11-15(9-10-20(21)35-24(30)16-6-4-7-18(13-16)28(32)33)12-22-23(29)27(25(31)36-22)14-17-5-2-3-8-19(17)26/h2-13H,14H2,1H3/b22-12-. The summed E-state index contributed by atoms with van der Waals surface area (Å²) in [5.41, 5.74) is 0.436.